The van der Waals surface area contributed by atoms with E-state index < -0.39 is 0 Å². The molecule has 0 amide bonds. The number of rotatable bonds is 2. The highest BCUT2D eigenvalue weighted by molar-refractivity contribution is 5.63. The second-order valence-electron chi connectivity index (χ2n) is 4.72. The fourth-order valence-electron chi connectivity index (χ4n) is 2.06. The Hall–Kier alpha value is -2.87. The number of hydrogen-bond donors (Lipinski definition) is 0. The van der Waals surface area contributed by atoms with Crippen molar-refractivity contribution in [2.45, 2.75) is 0 Å². The molecule has 0 bridgehead atoms. The van der Waals surface area contributed by atoms with Gasteiger partial charge in [-0.15, -0.1) is 10.2 Å². The second-order valence-corrected chi connectivity index (χ2v) is 4.72. The molecule has 5 nitrogen and oxygen atoms in total. The van der Waals surface area contributed by atoms with Gasteiger partial charge in [-0.1, -0.05) is 0 Å². The molecule has 0 unspecified atom stereocenters. The van der Waals surface area contributed by atoms with Gasteiger partial charge < -0.3 is 4.90 Å². The molecule has 98 valence electrons. The van der Waals surface area contributed by atoms with Crippen LogP contribution in [0.4, 0.5) is 5.69 Å². The van der Waals surface area contributed by atoms with Crippen molar-refractivity contribution in [1.82, 2.24) is 14.6 Å². The van der Waals surface area contributed by atoms with Crippen molar-refractivity contribution < 1.29 is 0 Å². The van der Waals surface area contributed by atoms with Gasteiger partial charge >= 0.3 is 0 Å². The number of hydrogen-bond acceptors (Lipinski definition) is 4. The van der Waals surface area contributed by atoms with Gasteiger partial charge in [0.1, 0.15) is 6.07 Å². The van der Waals surface area contributed by atoms with Crippen LogP contribution >= 0.6 is 0 Å². The third-order valence-electron chi connectivity index (χ3n) is 3.17. The summed E-state index contributed by atoms with van der Waals surface area (Å²) in [5, 5.41) is 17.3. The fourth-order valence-corrected chi connectivity index (χ4v) is 2.06. The fraction of sp³-hybridized carbons (Fsp3) is 0.133. The lowest BCUT2D eigenvalue weighted by Crippen LogP contribution is -2.08. The number of pyridine rings is 1. The maximum atomic E-state index is 8.98. The number of aromatic nitrogens is 3. The summed E-state index contributed by atoms with van der Waals surface area (Å²) in [6, 6.07) is 13.7. The van der Waals surface area contributed by atoms with Gasteiger partial charge in [-0.05, 0) is 36.4 Å². The zero-order chi connectivity index (χ0) is 14.1. The van der Waals surface area contributed by atoms with Crippen LogP contribution in [0.25, 0.3) is 17.0 Å². The molecule has 3 rings (SSSR count). The maximum Gasteiger partial charge on any atom is 0.168 e. The molecule has 20 heavy (non-hydrogen) atoms. The molecule has 3 aromatic rings. The van der Waals surface area contributed by atoms with Crippen LogP contribution < -0.4 is 4.90 Å². The predicted octanol–water partition coefficient (Wildman–Crippen LogP) is 2.33. The Labute approximate surface area is 116 Å². The Morgan fingerprint density at radius 1 is 1.05 bits per heavy atom. The summed E-state index contributed by atoms with van der Waals surface area (Å²) in [5.41, 5.74) is 3.41. The van der Waals surface area contributed by atoms with Crippen molar-refractivity contribution in [3.63, 3.8) is 0 Å². The minimum Gasteiger partial charge on any atom is -0.378 e. The Morgan fingerprint density at radius 2 is 1.80 bits per heavy atom. The highest BCUT2D eigenvalue weighted by atomic mass is 15.2. The highest BCUT2D eigenvalue weighted by Crippen LogP contribution is 2.21. The lowest BCUT2D eigenvalue weighted by atomic mass is 10.2. The first kappa shape index (κ1) is 12.2. The van der Waals surface area contributed by atoms with Gasteiger partial charge in [-0.25, -0.2) is 0 Å². The summed E-state index contributed by atoms with van der Waals surface area (Å²) in [6.45, 7) is 0. The van der Waals surface area contributed by atoms with E-state index in [0.717, 1.165) is 22.7 Å². The van der Waals surface area contributed by atoms with Crippen LogP contribution in [0.3, 0.4) is 0 Å². The summed E-state index contributed by atoms with van der Waals surface area (Å²) < 4.78 is 1.84. The molecule has 0 spiro atoms. The summed E-state index contributed by atoms with van der Waals surface area (Å²) in [4.78, 5) is 2.04. The third-order valence-corrected chi connectivity index (χ3v) is 3.17. The Kier molecular flexibility index (Phi) is 2.84. The van der Waals surface area contributed by atoms with Crippen molar-refractivity contribution in [2.24, 2.45) is 0 Å². The summed E-state index contributed by atoms with van der Waals surface area (Å²) in [6.07, 6.45) is 1.75. The lowest BCUT2D eigenvalue weighted by Gasteiger charge is -2.12. The minimum absolute atomic E-state index is 0.587. The van der Waals surface area contributed by atoms with Crippen LogP contribution in [0.2, 0.25) is 0 Å². The molecule has 2 aromatic heterocycles. The average molecular weight is 263 g/mol. The molecule has 5 heteroatoms. The van der Waals surface area contributed by atoms with Crippen LogP contribution in [0.15, 0.2) is 42.6 Å². The van der Waals surface area contributed by atoms with Gasteiger partial charge in [0.25, 0.3) is 0 Å². The number of benzene rings is 1. The molecule has 0 N–H and O–H groups in total. The van der Waals surface area contributed by atoms with Crippen molar-refractivity contribution >= 4 is 11.3 Å². The quantitative estimate of drug-likeness (QED) is 0.712. The first-order valence-electron chi connectivity index (χ1n) is 6.21. The third kappa shape index (κ3) is 1.97. The van der Waals surface area contributed by atoms with E-state index in [1.807, 2.05) is 47.7 Å². The van der Waals surface area contributed by atoms with Crippen LogP contribution in [-0.4, -0.2) is 28.7 Å². The Morgan fingerprint density at radius 3 is 2.45 bits per heavy atom. The smallest absolute Gasteiger partial charge is 0.168 e. The summed E-state index contributed by atoms with van der Waals surface area (Å²) in [5.74, 6) is 0.738. The second kappa shape index (κ2) is 4.67. The summed E-state index contributed by atoms with van der Waals surface area (Å²) >= 11 is 0. The molecule has 0 aliphatic rings. The molecule has 0 saturated heterocycles. The Balaban J connectivity index is 2.12. The van der Waals surface area contributed by atoms with E-state index in [9.17, 15) is 0 Å². The minimum atomic E-state index is 0.587. The van der Waals surface area contributed by atoms with Crippen LogP contribution in [0.1, 0.15) is 5.56 Å². The van der Waals surface area contributed by atoms with Crippen molar-refractivity contribution in [2.75, 3.05) is 19.0 Å². The van der Waals surface area contributed by atoms with Gasteiger partial charge in [0.05, 0.1) is 5.56 Å². The molecule has 0 saturated carbocycles. The van der Waals surface area contributed by atoms with Crippen molar-refractivity contribution in [3.8, 4) is 17.5 Å². The molecule has 0 aliphatic carbocycles. The number of fused-ring (bicyclic) bond motifs is 1. The average Bonchev–Trinajstić information content (AvgIpc) is 2.90. The van der Waals surface area contributed by atoms with Crippen LogP contribution in [0.5, 0.6) is 0 Å². The zero-order valence-corrected chi connectivity index (χ0v) is 11.3. The van der Waals surface area contributed by atoms with E-state index in [1.165, 1.54) is 0 Å². The molecule has 0 atom stereocenters. The van der Waals surface area contributed by atoms with E-state index in [4.69, 9.17) is 5.26 Å². The SMILES string of the molecule is CN(C)c1ccc(-c2nnc3ccc(C#N)cn23)cc1. The molecular weight excluding hydrogens is 250 g/mol. The molecule has 0 fully saturated rings. The first-order chi connectivity index (χ1) is 9.69. The van der Waals surface area contributed by atoms with E-state index in [0.29, 0.717) is 5.56 Å². The highest BCUT2D eigenvalue weighted by Gasteiger charge is 2.08. The van der Waals surface area contributed by atoms with Crippen molar-refractivity contribution in [3.05, 3.63) is 48.2 Å². The topological polar surface area (TPSA) is 57.2 Å². The van der Waals surface area contributed by atoms with Gasteiger partial charge in [0.2, 0.25) is 0 Å². The van der Waals surface area contributed by atoms with E-state index in [1.54, 1.807) is 18.3 Å². The van der Waals surface area contributed by atoms with Crippen molar-refractivity contribution in [1.29, 1.82) is 5.26 Å². The maximum absolute atomic E-state index is 8.98. The van der Waals surface area contributed by atoms with E-state index in [-0.39, 0.29) is 0 Å². The molecule has 0 radical (unpaired) electrons. The van der Waals surface area contributed by atoms with Crippen LogP contribution in [0, 0.1) is 11.3 Å². The normalized spacial score (nSPS) is 10.4. The van der Waals surface area contributed by atoms with Gasteiger partial charge in [-0.3, -0.25) is 4.40 Å². The number of nitriles is 1. The van der Waals surface area contributed by atoms with Gasteiger partial charge in [0, 0.05) is 31.5 Å². The molecule has 2 heterocycles. The van der Waals surface area contributed by atoms with Gasteiger partial charge in [0.15, 0.2) is 11.5 Å². The number of anilines is 1. The molecule has 0 aliphatic heterocycles. The monoisotopic (exact) mass is 263 g/mol. The van der Waals surface area contributed by atoms with E-state index >= 15 is 0 Å². The first-order valence-corrected chi connectivity index (χ1v) is 6.21. The number of nitrogens with zero attached hydrogens (tertiary/aromatic N) is 5. The largest absolute Gasteiger partial charge is 0.378 e. The van der Waals surface area contributed by atoms with E-state index in [2.05, 4.69) is 16.3 Å². The Bertz CT molecular complexity index is 793. The van der Waals surface area contributed by atoms with Crippen LogP contribution in [-0.2, 0) is 0 Å². The lowest BCUT2D eigenvalue weighted by molar-refractivity contribution is 1.10. The standard InChI is InChI=1S/C15H13N5/c1-19(2)13-6-4-12(5-7-13)15-18-17-14-8-3-11(9-16)10-20(14)15/h3-8,10H,1-2H3. The molecule has 1 aromatic carbocycles. The van der Waals surface area contributed by atoms with Gasteiger partial charge in [-0.2, -0.15) is 5.26 Å². The summed E-state index contributed by atoms with van der Waals surface area (Å²) in [7, 11) is 4.00. The predicted molar refractivity (Wildman–Crippen MR) is 77.5 cm³/mol. The molecular formula is C15H13N5. The zero-order valence-electron chi connectivity index (χ0n) is 11.3.